The number of hydrogen-bond acceptors (Lipinski definition) is 4. The maximum absolute atomic E-state index is 12.4. The van der Waals surface area contributed by atoms with Crippen LogP contribution in [0.2, 0.25) is 5.02 Å². The normalized spacial score (nSPS) is 19.8. The number of morpholine rings is 1. The van der Waals surface area contributed by atoms with Crippen molar-refractivity contribution in [3.8, 4) is 0 Å². The van der Waals surface area contributed by atoms with Crippen molar-refractivity contribution < 1.29 is 9.53 Å². The van der Waals surface area contributed by atoms with Gasteiger partial charge in [0.15, 0.2) is 0 Å². The fourth-order valence-corrected chi connectivity index (χ4v) is 3.57. The molecule has 4 nitrogen and oxygen atoms in total. The molecule has 3 rings (SSSR count). The number of thiophene rings is 1. The number of rotatable bonds is 5. The van der Waals surface area contributed by atoms with Crippen LogP contribution in [0.15, 0.2) is 41.8 Å². The average Bonchev–Trinajstić information content (AvgIpc) is 3.13. The highest BCUT2D eigenvalue weighted by Crippen LogP contribution is 2.24. The van der Waals surface area contributed by atoms with Gasteiger partial charge in [-0.25, -0.2) is 0 Å². The summed E-state index contributed by atoms with van der Waals surface area (Å²) < 4.78 is 5.87. The summed E-state index contributed by atoms with van der Waals surface area (Å²) in [6.07, 6.45) is -0.0245. The Balaban J connectivity index is 1.56. The maximum atomic E-state index is 12.4. The summed E-state index contributed by atoms with van der Waals surface area (Å²) in [5.74, 6) is 0.0557. The van der Waals surface area contributed by atoms with E-state index in [0.717, 1.165) is 17.0 Å². The summed E-state index contributed by atoms with van der Waals surface area (Å²) in [6.45, 7) is 4.63. The van der Waals surface area contributed by atoms with Gasteiger partial charge in [0.1, 0.15) is 0 Å². The van der Waals surface area contributed by atoms with Gasteiger partial charge >= 0.3 is 0 Å². The molecule has 0 radical (unpaired) electrons. The van der Waals surface area contributed by atoms with Crippen LogP contribution in [0.4, 0.5) is 0 Å². The Morgan fingerprint density at radius 2 is 2.21 bits per heavy atom. The molecule has 1 N–H and O–H groups in total. The Kier molecular flexibility index (Phi) is 5.89. The molecule has 2 heterocycles. The molecule has 1 fully saturated rings. The van der Waals surface area contributed by atoms with Gasteiger partial charge < -0.3 is 10.1 Å². The zero-order valence-corrected chi connectivity index (χ0v) is 15.1. The Labute approximate surface area is 151 Å². The summed E-state index contributed by atoms with van der Waals surface area (Å²) in [4.78, 5) is 15.8. The lowest BCUT2D eigenvalue weighted by Gasteiger charge is -2.36. The van der Waals surface area contributed by atoms with Gasteiger partial charge in [-0.15, -0.1) is 11.3 Å². The number of halogens is 1. The third-order valence-electron chi connectivity index (χ3n) is 4.28. The largest absolute Gasteiger partial charge is 0.371 e. The smallest absolute Gasteiger partial charge is 0.237 e. The van der Waals surface area contributed by atoms with Crippen molar-refractivity contribution in [3.63, 3.8) is 0 Å². The van der Waals surface area contributed by atoms with Crippen LogP contribution >= 0.6 is 22.9 Å². The lowest BCUT2D eigenvalue weighted by atomic mass is 10.1. The van der Waals surface area contributed by atoms with Crippen LogP contribution in [-0.4, -0.2) is 36.5 Å². The van der Waals surface area contributed by atoms with Crippen LogP contribution in [0.5, 0.6) is 0 Å². The van der Waals surface area contributed by atoms with Gasteiger partial charge in [0.25, 0.3) is 0 Å². The van der Waals surface area contributed by atoms with Gasteiger partial charge in [-0.2, -0.15) is 0 Å². The molecule has 1 amide bonds. The van der Waals surface area contributed by atoms with Gasteiger partial charge in [0.2, 0.25) is 5.91 Å². The second-order valence-corrected chi connectivity index (χ2v) is 7.35. The molecular weight excluding hydrogens is 344 g/mol. The molecule has 0 unspecified atom stereocenters. The van der Waals surface area contributed by atoms with E-state index in [9.17, 15) is 4.79 Å². The first-order valence-electron chi connectivity index (χ1n) is 8.04. The Morgan fingerprint density at radius 3 is 2.92 bits per heavy atom. The van der Waals surface area contributed by atoms with E-state index in [1.54, 1.807) is 11.3 Å². The molecule has 1 aromatic carbocycles. The molecule has 6 heteroatoms. The fourth-order valence-electron chi connectivity index (χ4n) is 2.80. The quantitative estimate of drug-likeness (QED) is 0.883. The standard InChI is InChI=1S/C18H21ClN2O2S/c1-13(18(22)20-11-16-3-2-10-24-16)21-8-9-23-17(12-21)14-4-6-15(19)7-5-14/h2-7,10,13,17H,8-9,11-12H2,1H3,(H,20,22)/t13-,17+/m1/s1. The monoisotopic (exact) mass is 364 g/mol. The number of hydrogen-bond donors (Lipinski definition) is 1. The lowest BCUT2D eigenvalue weighted by Crippen LogP contribution is -2.50. The molecule has 1 aliphatic rings. The van der Waals surface area contributed by atoms with Gasteiger partial charge in [-0.1, -0.05) is 29.8 Å². The van der Waals surface area contributed by atoms with Gasteiger partial charge in [0, 0.05) is 23.0 Å². The first-order valence-corrected chi connectivity index (χ1v) is 9.30. The van der Waals surface area contributed by atoms with Crippen LogP contribution in [0.1, 0.15) is 23.5 Å². The topological polar surface area (TPSA) is 41.6 Å². The van der Waals surface area contributed by atoms with Crippen molar-refractivity contribution in [1.29, 1.82) is 0 Å². The maximum Gasteiger partial charge on any atom is 0.237 e. The number of nitrogens with zero attached hydrogens (tertiary/aromatic N) is 1. The molecule has 24 heavy (non-hydrogen) atoms. The van der Waals surface area contributed by atoms with Crippen molar-refractivity contribution in [1.82, 2.24) is 10.2 Å². The fraction of sp³-hybridized carbons (Fsp3) is 0.389. The van der Waals surface area contributed by atoms with Crippen molar-refractivity contribution in [2.75, 3.05) is 19.7 Å². The second-order valence-electron chi connectivity index (χ2n) is 5.88. The van der Waals surface area contributed by atoms with Gasteiger partial charge in [0.05, 0.1) is 25.3 Å². The third kappa shape index (κ3) is 4.36. The molecule has 128 valence electrons. The molecule has 0 aliphatic carbocycles. The second kappa shape index (κ2) is 8.12. The predicted octanol–water partition coefficient (Wildman–Crippen LogP) is 3.48. The van der Waals surface area contributed by atoms with Gasteiger partial charge in [-0.05, 0) is 36.1 Å². The van der Waals surface area contributed by atoms with E-state index in [4.69, 9.17) is 16.3 Å². The van der Waals surface area contributed by atoms with E-state index in [0.29, 0.717) is 24.7 Å². The minimum Gasteiger partial charge on any atom is -0.371 e. The van der Waals surface area contributed by atoms with Gasteiger partial charge in [-0.3, -0.25) is 9.69 Å². The molecular formula is C18H21ClN2O2S. The highest BCUT2D eigenvalue weighted by molar-refractivity contribution is 7.09. The van der Waals surface area contributed by atoms with E-state index in [1.807, 2.05) is 48.7 Å². The number of carbonyl (C=O) groups is 1. The summed E-state index contributed by atoms with van der Waals surface area (Å²) >= 11 is 7.60. The summed E-state index contributed by atoms with van der Waals surface area (Å²) in [5, 5.41) is 5.75. The molecule has 1 aliphatic heterocycles. The summed E-state index contributed by atoms with van der Waals surface area (Å²) in [7, 11) is 0. The number of nitrogens with one attached hydrogen (secondary N) is 1. The van der Waals surface area contributed by atoms with Crippen molar-refractivity contribution in [2.45, 2.75) is 25.6 Å². The average molecular weight is 365 g/mol. The SMILES string of the molecule is C[C@H](C(=O)NCc1cccs1)N1CCO[C@H](c2ccc(Cl)cc2)C1. The zero-order chi connectivity index (χ0) is 16.9. The summed E-state index contributed by atoms with van der Waals surface area (Å²) in [5.41, 5.74) is 1.09. The minimum absolute atomic E-state index is 0.0245. The van der Waals surface area contributed by atoms with Crippen molar-refractivity contribution in [3.05, 3.63) is 57.2 Å². The molecule has 0 saturated carbocycles. The highest BCUT2D eigenvalue weighted by atomic mass is 35.5. The molecule has 1 aromatic heterocycles. The number of amides is 1. The van der Waals surface area contributed by atoms with E-state index >= 15 is 0 Å². The van der Waals surface area contributed by atoms with E-state index in [-0.39, 0.29) is 18.1 Å². The van der Waals surface area contributed by atoms with E-state index in [1.165, 1.54) is 0 Å². The minimum atomic E-state index is -0.177. The number of carbonyl (C=O) groups excluding carboxylic acids is 1. The number of benzene rings is 1. The Bertz CT molecular complexity index is 660. The third-order valence-corrected chi connectivity index (χ3v) is 5.41. The molecule has 2 atom stereocenters. The molecule has 0 bridgehead atoms. The molecule has 0 spiro atoms. The first kappa shape index (κ1) is 17.4. The van der Waals surface area contributed by atoms with Crippen molar-refractivity contribution in [2.24, 2.45) is 0 Å². The van der Waals surface area contributed by atoms with E-state index in [2.05, 4.69) is 10.2 Å². The van der Waals surface area contributed by atoms with Crippen LogP contribution in [0.3, 0.4) is 0 Å². The lowest BCUT2D eigenvalue weighted by molar-refractivity contribution is -0.129. The first-order chi connectivity index (χ1) is 11.6. The molecule has 1 saturated heterocycles. The van der Waals surface area contributed by atoms with Crippen molar-refractivity contribution >= 4 is 28.8 Å². The highest BCUT2D eigenvalue weighted by Gasteiger charge is 2.28. The van der Waals surface area contributed by atoms with Crippen LogP contribution in [0.25, 0.3) is 0 Å². The Morgan fingerprint density at radius 1 is 1.42 bits per heavy atom. The summed E-state index contributed by atoms with van der Waals surface area (Å²) in [6, 6.07) is 11.6. The molecule has 2 aromatic rings. The Hall–Kier alpha value is -1.40. The predicted molar refractivity (Wildman–Crippen MR) is 97.3 cm³/mol. The number of ether oxygens (including phenoxy) is 1. The zero-order valence-electron chi connectivity index (χ0n) is 13.6. The van der Waals surface area contributed by atoms with Crippen LogP contribution < -0.4 is 5.32 Å². The van der Waals surface area contributed by atoms with Crippen LogP contribution in [-0.2, 0) is 16.1 Å². The van der Waals surface area contributed by atoms with E-state index < -0.39 is 0 Å². The van der Waals surface area contributed by atoms with Crippen LogP contribution in [0, 0.1) is 0 Å².